The van der Waals surface area contributed by atoms with E-state index in [-0.39, 0.29) is 0 Å². The Bertz CT molecular complexity index is 2360. The van der Waals surface area contributed by atoms with Gasteiger partial charge in [-0.25, -0.2) is 0 Å². The summed E-state index contributed by atoms with van der Waals surface area (Å²) in [6.07, 6.45) is 0. The van der Waals surface area contributed by atoms with E-state index in [0.717, 1.165) is 33.2 Å². The molecule has 0 spiro atoms. The van der Waals surface area contributed by atoms with Crippen LogP contribution in [0.15, 0.2) is 121 Å². The van der Waals surface area contributed by atoms with Gasteiger partial charge < -0.3 is 0 Å². The van der Waals surface area contributed by atoms with Crippen LogP contribution in [0.2, 0.25) is 0 Å². The van der Waals surface area contributed by atoms with Crippen molar-refractivity contribution in [3.8, 4) is 22.3 Å². The third-order valence-electron chi connectivity index (χ3n) is 9.11. The fourth-order valence-corrected chi connectivity index (χ4v) is 6.72. The van der Waals surface area contributed by atoms with E-state index >= 15 is 0 Å². The average molecular weight is 567 g/mol. The van der Waals surface area contributed by atoms with Gasteiger partial charge in [0.15, 0.2) is 0 Å². The molecule has 2 heterocycles. The Labute approximate surface area is 258 Å². The van der Waals surface area contributed by atoms with Crippen LogP contribution < -0.4 is 0 Å². The summed E-state index contributed by atoms with van der Waals surface area (Å²) in [5.41, 5.74) is 8.99. The number of aromatic nitrogens is 2. The van der Waals surface area contributed by atoms with Crippen LogP contribution in [-0.2, 0) is 0 Å². The molecule has 0 amide bonds. The maximum atomic E-state index is 5.20. The summed E-state index contributed by atoms with van der Waals surface area (Å²) in [4.78, 5) is 10.3. The van der Waals surface area contributed by atoms with Gasteiger partial charge >= 0.3 is 0 Å². The molecular weight excluding hydrogens is 532 g/mol. The quantitative estimate of drug-likeness (QED) is 0.198. The Kier molecular flexibility index (Phi) is 6.20. The number of hydrogen-bond donors (Lipinski definition) is 0. The Morgan fingerprint density at radius 1 is 0.386 bits per heavy atom. The van der Waals surface area contributed by atoms with Gasteiger partial charge in [0, 0.05) is 22.2 Å². The zero-order valence-electron chi connectivity index (χ0n) is 25.6. The first-order valence-electron chi connectivity index (χ1n) is 15.6. The molecule has 6 aromatic carbocycles. The topological polar surface area (TPSA) is 25.8 Å². The molecule has 0 fully saturated rings. The van der Waals surface area contributed by atoms with Gasteiger partial charge in [-0.2, -0.15) is 0 Å². The van der Waals surface area contributed by atoms with E-state index in [1.54, 1.807) is 0 Å². The molecule has 2 heteroatoms. The SMILES string of the molecule is CC(C)c1ccc2ccc3c(-c4cccc(-c5ccc6c7ccccc7c7ccccc7c6c5)c4)cc(C(C)C)nc3c2n1. The molecule has 0 radical (unpaired) electrons. The zero-order chi connectivity index (χ0) is 29.9. The van der Waals surface area contributed by atoms with Gasteiger partial charge in [-0.15, -0.1) is 0 Å². The third kappa shape index (κ3) is 4.25. The number of nitrogens with zero attached hydrogens (tertiary/aromatic N) is 2. The van der Waals surface area contributed by atoms with Crippen molar-refractivity contribution in [3.63, 3.8) is 0 Å². The number of pyridine rings is 2. The molecule has 0 aliphatic rings. The first-order valence-corrected chi connectivity index (χ1v) is 15.6. The molecule has 0 aliphatic carbocycles. The van der Waals surface area contributed by atoms with Crippen molar-refractivity contribution in [2.75, 3.05) is 0 Å². The molecule has 0 N–H and O–H groups in total. The molecule has 8 rings (SSSR count). The van der Waals surface area contributed by atoms with Crippen molar-refractivity contribution in [3.05, 3.63) is 133 Å². The monoisotopic (exact) mass is 566 g/mol. The predicted octanol–water partition coefficient (Wildman–Crippen LogP) is 11.8. The smallest absolute Gasteiger partial charge is 0.0974 e. The van der Waals surface area contributed by atoms with Gasteiger partial charge in [0.25, 0.3) is 0 Å². The first kappa shape index (κ1) is 26.5. The molecule has 44 heavy (non-hydrogen) atoms. The van der Waals surface area contributed by atoms with E-state index in [0.29, 0.717) is 11.8 Å². The fourth-order valence-electron chi connectivity index (χ4n) is 6.72. The largest absolute Gasteiger partial charge is 0.250 e. The summed E-state index contributed by atoms with van der Waals surface area (Å²) in [6.45, 7) is 8.83. The summed E-state index contributed by atoms with van der Waals surface area (Å²) in [5, 5.41) is 10.0. The van der Waals surface area contributed by atoms with Crippen LogP contribution in [0.3, 0.4) is 0 Å². The van der Waals surface area contributed by atoms with Crippen molar-refractivity contribution in [1.29, 1.82) is 0 Å². The van der Waals surface area contributed by atoms with Gasteiger partial charge in [-0.05, 0) is 90.7 Å². The van der Waals surface area contributed by atoms with Gasteiger partial charge in [0.1, 0.15) is 0 Å². The van der Waals surface area contributed by atoms with E-state index in [4.69, 9.17) is 9.97 Å². The minimum atomic E-state index is 0.300. The molecule has 2 nitrogen and oxygen atoms in total. The lowest BCUT2D eigenvalue weighted by Gasteiger charge is -2.15. The Hall–Kier alpha value is -5.08. The lowest BCUT2D eigenvalue weighted by molar-refractivity contribution is 0.826. The Morgan fingerprint density at radius 2 is 0.932 bits per heavy atom. The highest BCUT2D eigenvalue weighted by Gasteiger charge is 2.16. The summed E-state index contributed by atoms with van der Waals surface area (Å²) in [6, 6.07) is 44.5. The van der Waals surface area contributed by atoms with Gasteiger partial charge in [-0.3, -0.25) is 9.97 Å². The van der Waals surface area contributed by atoms with E-state index in [9.17, 15) is 0 Å². The second-order valence-corrected chi connectivity index (χ2v) is 12.6. The Balaban J connectivity index is 1.34. The summed E-state index contributed by atoms with van der Waals surface area (Å²) in [5.74, 6) is 0.657. The number of rotatable bonds is 4. The minimum absolute atomic E-state index is 0.300. The lowest BCUT2D eigenvalue weighted by atomic mass is 9.91. The molecule has 0 saturated carbocycles. The summed E-state index contributed by atoms with van der Waals surface area (Å²) < 4.78 is 0. The standard InChI is InChI=1S/C42H34N2/c1-25(2)39-21-18-27-16-20-36-37(24-40(26(3)4)44-42(36)41(27)43-39)30-11-9-10-28(22-30)29-17-19-35-33-14-6-5-12-31(33)32-13-7-8-15-34(32)38(35)23-29/h5-26H,1-4H3. The van der Waals surface area contributed by atoms with Crippen LogP contribution in [0.1, 0.15) is 50.9 Å². The van der Waals surface area contributed by atoms with Crippen molar-refractivity contribution in [1.82, 2.24) is 9.97 Å². The molecule has 0 atom stereocenters. The lowest BCUT2D eigenvalue weighted by Crippen LogP contribution is -1.99. The highest BCUT2D eigenvalue weighted by atomic mass is 14.8. The van der Waals surface area contributed by atoms with Crippen LogP contribution >= 0.6 is 0 Å². The van der Waals surface area contributed by atoms with E-state index in [1.165, 1.54) is 54.6 Å². The average Bonchev–Trinajstić information content (AvgIpc) is 3.07. The molecule has 0 unspecified atom stereocenters. The van der Waals surface area contributed by atoms with Gasteiger partial charge in [0.05, 0.1) is 11.0 Å². The summed E-state index contributed by atoms with van der Waals surface area (Å²) >= 11 is 0. The van der Waals surface area contributed by atoms with Crippen LogP contribution in [0.4, 0.5) is 0 Å². The second-order valence-electron chi connectivity index (χ2n) is 12.6. The van der Waals surface area contributed by atoms with E-state index in [2.05, 4.69) is 149 Å². The maximum absolute atomic E-state index is 5.20. The second kappa shape index (κ2) is 10.3. The van der Waals surface area contributed by atoms with Crippen LogP contribution in [0.5, 0.6) is 0 Å². The highest BCUT2D eigenvalue weighted by Crippen LogP contribution is 2.39. The van der Waals surface area contributed by atoms with Crippen molar-refractivity contribution >= 4 is 54.1 Å². The van der Waals surface area contributed by atoms with Crippen molar-refractivity contribution in [2.45, 2.75) is 39.5 Å². The molecule has 0 bridgehead atoms. The van der Waals surface area contributed by atoms with Crippen LogP contribution in [0.25, 0.3) is 76.4 Å². The highest BCUT2D eigenvalue weighted by molar-refractivity contribution is 6.25. The van der Waals surface area contributed by atoms with Gasteiger partial charge in [0.2, 0.25) is 0 Å². The molecule has 0 aliphatic heterocycles. The number of benzene rings is 6. The molecular formula is C42H34N2. The minimum Gasteiger partial charge on any atom is -0.250 e. The number of fused-ring (bicyclic) bond motifs is 9. The first-order chi connectivity index (χ1) is 21.5. The maximum Gasteiger partial charge on any atom is 0.0974 e. The summed E-state index contributed by atoms with van der Waals surface area (Å²) in [7, 11) is 0. The normalized spacial score (nSPS) is 12.0. The molecule has 0 saturated heterocycles. The fraction of sp³-hybridized carbons (Fsp3) is 0.143. The van der Waals surface area contributed by atoms with Gasteiger partial charge in [-0.1, -0.05) is 125 Å². The van der Waals surface area contributed by atoms with Crippen LogP contribution in [0, 0.1) is 0 Å². The molecule has 8 aromatic rings. The molecule has 2 aromatic heterocycles. The van der Waals surface area contributed by atoms with Crippen molar-refractivity contribution in [2.24, 2.45) is 0 Å². The van der Waals surface area contributed by atoms with E-state index < -0.39 is 0 Å². The number of hydrogen-bond acceptors (Lipinski definition) is 2. The molecule has 212 valence electrons. The van der Waals surface area contributed by atoms with Crippen LogP contribution in [-0.4, -0.2) is 9.97 Å². The Morgan fingerprint density at radius 3 is 1.61 bits per heavy atom. The van der Waals surface area contributed by atoms with Crippen molar-refractivity contribution < 1.29 is 0 Å². The third-order valence-corrected chi connectivity index (χ3v) is 9.11. The zero-order valence-corrected chi connectivity index (χ0v) is 25.6. The predicted molar refractivity (Wildman–Crippen MR) is 189 cm³/mol. The van der Waals surface area contributed by atoms with E-state index in [1.807, 2.05) is 0 Å².